The van der Waals surface area contributed by atoms with Crippen LogP contribution in [-0.4, -0.2) is 10.2 Å². The van der Waals surface area contributed by atoms with Crippen molar-refractivity contribution in [3.05, 3.63) is 29.5 Å². The lowest BCUT2D eigenvalue weighted by Crippen LogP contribution is -1.87. The van der Waals surface area contributed by atoms with Crippen molar-refractivity contribution in [3.8, 4) is 0 Å². The summed E-state index contributed by atoms with van der Waals surface area (Å²) in [6, 6.07) is 4.25. The zero-order valence-electron chi connectivity index (χ0n) is 7.39. The van der Waals surface area contributed by atoms with E-state index in [4.69, 9.17) is 0 Å². The van der Waals surface area contributed by atoms with E-state index in [0.717, 1.165) is 6.42 Å². The van der Waals surface area contributed by atoms with Gasteiger partial charge in [0.1, 0.15) is 0 Å². The molecule has 0 radical (unpaired) electrons. The van der Waals surface area contributed by atoms with Crippen LogP contribution in [0.2, 0.25) is 0 Å². The summed E-state index contributed by atoms with van der Waals surface area (Å²) in [6.07, 6.45) is 2.93. The molecular formula is C10H12N2. The predicted octanol–water partition coefficient (Wildman–Crippen LogP) is 2.43. The molecule has 62 valence electrons. The second-order valence-corrected chi connectivity index (χ2v) is 3.05. The molecule has 0 fully saturated rings. The lowest BCUT2D eigenvalue weighted by Gasteiger charge is -2.02. The van der Waals surface area contributed by atoms with E-state index in [1.54, 1.807) is 0 Å². The first-order valence-electron chi connectivity index (χ1n) is 4.24. The van der Waals surface area contributed by atoms with Crippen LogP contribution in [0.25, 0.3) is 10.9 Å². The first-order chi connectivity index (χ1) is 5.83. The highest BCUT2D eigenvalue weighted by molar-refractivity contribution is 5.82. The number of nitrogens with one attached hydrogen (secondary N) is 1. The highest BCUT2D eigenvalue weighted by Gasteiger charge is 2.03. The number of fused-ring (bicyclic) bond motifs is 1. The fourth-order valence-electron chi connectivity index (χ4n) is 1.63. The van der Waals surface area contributed by atoms with Crippen molar-refractivity contribution in [1.82, 2.24) is 10.2 Å². The Morgan fingerprint density at radius 1 is 1.42 bits per heavy atom. The molecular weight excluding hydrogens is 148 g/mol. The lowest BCUT2D eigenvalue weighted by atomic mass is 10.0. The van der Waals surface area contributed by atoms with Crippen molar-refractivity contribution in [2.24, 2.45) is 0 Å². The van der Waals surface area contributed by atoms with E-state index in [1.807, 2.05) is 6.20 Å². The molecule has 0 unspecified atom stereocenters. The molecule has 2 heteroatoms. The van der Waals surface area contributed by atoms with E-state index in [1.165, 1.54) is 22.0 Å². The first-order valence-corrected chi connectivity index (χ1v) is 4.24. The normalized spacial score (nSPS) is 10.8. The number of aromatic nitrogens is 2. The van der Waals surface area contributed by atoms with Gasteiger partial charge in [-0.1, -0.05) is 19.1 Å². The number of aromatic amines is 1. The van der Waals surface area contributed by atoms with Crippen LogP contribution in [0, 0.1) is 6.92 Å². The van der Waals surface area contributed by atoms with Crippen molar-refractivity contribution < 1.29 is 0 Å². The number of nitrogens with zero attached hydrogens (tertiary/aromatic N) is 1. The maximum Gasteiger partial charge on any atom is 0.0684 e. The summed E-state index contributed by atoms with van der Waals surface area (Å²) in [5.74, 6) is 0. The SMILES string of the molecule is CCc1c(C)ccc2cn[nH]c12. The highest BCUT2D eigenvalue weighted by Crippen LogP contribution is 2.19. The summed E-state index contributed by atoms with van der Waals surface area (Å²) in [6.45, 7) is 4.31. The van der Waals surface area contributed by atoms with Crippen molar-refractivity contribution in [2.75, 3.05) is 0 Å². The van der Waals surface area contributed by atoms with Gasteiger partial charge in [0.05, 0.1) is 11.7 Å². The average molecular weight is 160 g/mol. The minimum absolute atomic E-state index is 1.06. The van der Waals surface area contributed by atoms with Crippen LogP contribution in [0.5, 0.6) is 0 Å². The largest absolute Gasteiger partial charge is 0.278 e. The number of benzene rings is 1. The number of H-pyrrole nitrogens is 1. The molecule has 12 heavy (non-hydrogen) atoms. The molecule has 2 rings (SSSR count). The molecule has 0 aliphatic heterocycles. The summed E-state index contributed by atoms with van der Waals surface area (Å²) in [7, 11) is 0. The fraction of sp³-hybridized carbons (Fsp3) is 0.300. The zero-order chi connectivity index (χ0) is 8.55. The predicted molar refractivity (Wildman–Crippen MR) is 50.2 cm³/mol. The van der Waals surface area contributed by atoms with Crippen molar-refractivity contribution in [2.45, 2.75) is 20.3 Å². The second-order valence-electron chi connectivity index (χ2n) is 3.05. The molecule has 0 aliphatic carbocycles. The molecule has 0 amide bonds. The van der Waals surface area contributed by atoms with Gasteiger partial charge in [-0.05, 0) is 24.5 Å². The molecule has 2 nitrogen and oxygen atoms in total. The van der Waals surface area contributed by atoms with E-state index in [9.17, 15) is 0 Å². The Labute approximate surface area is 71.6 Å². The van der Waals surface area contributed by atoms with Crippen molar-refractivity contribution in [1.29, 1.82) is 0 Å². The van der Waals surface area contributed by atoms with Gasteiger partial charge in [-0.15, -0.1) is 0 Å². The third kappa shape index (κ3) is 0.916. The Bertz CT molecular complexity index is 401. The molecule has 1 heterocycles. The number of aryl methyl sites for hydroxylation is 2. The van der Waals surface area contributed by atoms with Gasteiger partial charge in [0.25, 0.3) is 0 Å². The summed E-state index contributed by atoms with van der Waals surface area (Å²) < 4.78 is 0. The maximum absolute atomic E-state index is 4.03. The van der Waals surface area contributed by atoms with E-state index in [-0.39, 0.29) is 0 Å². The molecule has 0 bridgehead atoms. The van der Waals surface area contributed by atoms with Gasteiger partial charge in [-0.2, -0.15) is 5.10 Å². The molecule has 1 N–H and O–H groups in total. The Kier molecular flexibility index (Phi) is 1.61. The molecule has 0 saturated carbocycles. The van der Waals surface area contributed by atoms with E-state index in [0.29, 0.717) is 0 Å². The van der Waals surface area contributed by atoms with Crippen molar-refractivity contribution >= 4 is 10.9 Å². The Balaban J connectivity index is 2.83. The number of hydrogen-bond acceptors (Lipinski definition) is 1. The van der Waals surface area contributed by atoms with Gasteiger partial charge < -0.3 is 0 Å². The average Bonchev–Trinajstić information content (AvgIpc) is 2.52. The molecule has 0 atom stereocenters. The molecule has 0 saturated heterocycles. The summed E-state index contributed by atoms with van der Waals surface area (Å²) >= 11 is 0. The minimum Gasteiger partial charge on any atom is -0.278 e. The van der Waals surface area contributed by atoms with Crippen LogP contribution in [0.15, 0.2) is 18.3 Å². The van der Waals surface area contributed by atoms with E-state index >= 15 is 0 Å². The summed E-state index contributed by atoms with van der Waals surface area (Å²) in [5.41, 5.74) is 3.91. The van der Waals surface area contributed by atoms with Crippen LogP contribution in [0.4, 0.5) is 0 Å². The highest BCUT2D eigenvalue weighted by atomic mass is 15.1. The topological polar surface area (TPSA) is 28.7 Å². The van der Waals surface area contributed by atoms with Crippen LogP contribution >= 0.6 is 0 Å². The smallest absolute Gasteiger partial charge is 0.0684 e. The van der Waals surface area contributed by atoms with Crippen LogP contribution < -0.4 is 0 Å². The third-order valence-corrected chi connectivity index (χ3v) is 2.31. The van der Waals surface area contributed by atoms with E-state index in [2.05, 4.69) is 36.2 Å². The minimum atomic E-state index is 1.06. The Morgan fingerprint density at radius 3 is 3.00 bits per heavy atom. The fourth-order valence-corrected chi connectivity index (χ4v) is 1.63. The summed E-state index contributed by atoms with van der Waals surface area (Å²) in [4.78, 5) is 0. The van der Waals surface area contributed by atoms with Gasteiger partial charge >= 0.3 is 0 Å². The number of rotatable bonds is 1. The van der Waals surface area contributed by atoms with Crippen LogP contribution in [-0.2, 0) is 6.42 Å². The summed E-state index contributed by atoms with van der Waals surface area (Å²) in [5, 5.41) is 8.26. The standard InChI is InChI=1S/C10H12N2/c1-3-9-7(2)4-5-8-6-11-12-10(8)9/h4-6H,3H2,1-2H3,(H,11,12). The molecule has 0 aliphatic rings. The van der Waals surface area contributed by atoms with Gasteiger partial charge in [0, 0.05) is 5.39 Å². The van der Waals surface area contributed by atoms with Gasteiger partial charge in [0.2, 0.25) is 0 Å². The second kappa shape index (κ2) is 2.63. The van der Waals surface area contributed by atoms with Gasteiger partial charge in [-0.3, -0.25) is 5.10 Å². The molecule has 1 aromatic carbocycles. The quantitative estimate of drug-likeness (QED) is 0.682. The van der Waals surface area contributed by atoms with Gasteiger partial charge in [0.15, 0.2) is 0 Å². The molecule has 0 spiro atoms. The first kappa shape index (κ1) is 7.35. The lowest BCUT2D eigenvalue weighted by molar-refractivity contribution is 1.08. The van der Waals surface area contributed by atoms with Crippen LogP contribution in [0.1, 0.15) is 18.1 Å². The maximum atomic E-state index is 4.03. The molecule has 1 aromatic heterocycles. The monoisotopic (exact) mass is 160 g/mol. The molecule has 2 aromatic rings. The van der Waals surface area contributed by atoms with Crippen molar-refractivity contribution in [3.63, 3.8) is 0 Å². The van der Waals surface area contributed by atoms with Crippen LogP contribution in [0.3, 0.4) is 0 Å². The van der Waals surface area contributed by atoms with Gasteiger partial charge in [-0.25, -0.2) is 0 Å². The van der Waals surface area contributed by atoms with E-state index < -0.39 is 0 Å². The Morgan fingerprint density at radius 2 is 2.25 bits per heavy atom. The third-order valence-electron chi connectivity index (χ3n) is 2.31. The Hall–Kier alpha value is -1.31. The number of hydrogen-bond donors (Lipinski definition) is 1. The zero-order valence-corrected chi connectivity index (χ0v) is 7.39.